The van der Waals surface area contributed by atoms with Gasteiger partial charge in [-0.25, -0.2) is 9.67 Å². The van der Waals surface area contributed by atoms with Crippen molar-refractivity contribution in [1.82, 2.24) is 20.0 Å². The van der Waals surface area contributed by atoms with Gasteiger partial charge in [-0.05, 0) is 12.1 Å². The number of carboxylic acids is 1. The Morgan fingerprint density at radius 1 is 1.40 bits per heavy atom. The molecule has 0 bridgehead atoms. The molecular weight excluding hydrogens is 264 g/mol. The van der Waals surface area contributed by atoms with Gasteiger partial charge in [0.1, 0.15) is 23.8 Å². The Morgan fingerprint density at radius 2 is 2.20 bits per heavy atom. The molecule has 9 heteroatoms. The number of rotatable bonds is 6. The first-order valence-corrected chi connectivity index (χ1v) is 5.66. The molecule has 0 saturated heterocycles. The Bertz CT molecular complexity index is 639. The van der Waals surface area contributed by atoms with Crippen molar-refractivity contribution in [2.75, 3.05) is 5.32 Å². The lowest BCUT2D eigenvalue weighted by atomic mass is 10.3. The van der Waals surface area contributed by atoms with Crippen LogP contribution in [0.2, 0.25) is 0 Å². The summed E-state index contributed by atoms with van der Waals surface area (Å²) in [6.45, 7) is 0.0528. The van der Waals surface area contributed by atoms with Gasteiger partial charge in [0.2, 0.25) is 0 Å². The molecule has 9 nitrogen and oxygen atoms in total. The number of carbonyl (C=O) groups excluding carboxylic acids is 1. The Balaban J connectivity index is 1.98. The number of aromatic nitrogens is 4. The number of anilines is 1. The summed E-state index contributed by atoms with van der Waals surface area (Å²) in [4.78, 5) is 25.5. The van der Waals surface area contributed by atoms with Gasteiger partial charge in [-0.15, -0.1) is 5.10 Å². The van der Waals surface area contributed by atoms with E-state index in [0.717, 1.165) is 0 Å². The van der Waals surface area contributed by atoms with E-state index in [1.54, 1.807) is 12.1 Å². The van der Waals surface area contributed by atoms with E-state index >= 15 is 0 Å². The molecule has 4 N–H and O–H groups in total. The van der Waals surface area contributed by atoms with Gasteiger partial charge in [-0.3, -0.25) is 9.59 Å². The average molecular weight is 276 g/mol. The Morgan fingerprint density at radius 3 is 2.90 bits per heavy atom. The first kappa shape index (κ1) is 13.5. The summed E-state index contributed by atoms with van der Waals surface area (Å²) in [5.41, 5.74) is 5.84. The average Bonchev–Trinajstić information content (AvgIpc) is 2.83. The molecule has 1 amide bonds. The molecule has 0 aromatic carbocycles. The zero-order valence-electron chi connectivity index (χ0n) is 10.4. The summed E-state index contributed by atoms with van der Waals surface area (Å²) in [5, 5.41) is 19.0. The fourth-order valence-corrected chi connectivity index (χ4v) is 1.49. The molecule has 104 valence electrons. The van der Waals surface area contributed by atoms with Gasteiger partial charge < -0.3 is 16.2 Å². The highest BCUT2D eigenvalue weighted by Crippen LogP contribution is 2.06. The molecule has 0 spiro atoms. The van der Waals surface area contributed by atoms with E-state index in [9.17, 15) is 9.59 Å². The SMILES string of the molecule is NC(=O)c1cccc(NCc2cn(CC(=O)O)nn2)n1. The second-order valence-corrected chi connectivity index (χ2v) is 3.93. The minimum atomic E-state index is -0.995. The first-order valence-electron chi connectivity index (χ1n) is 5.66. The van der Waals surface area contributed by atoms with Crippen LogP contribution in [0.25, 0.3) is 0 Å². The lowest BCUT2D eigenvalue weighted by Crippen LogP contribution is -2.14. The van der Waals surface area contributed by atoms with Crippen LogP contribution in [0.15, 0.2) is 24.4 Å². The van der Waals surface area contributed by atoms with E-state index in [0.29, 0.717) is 18.1 Å². The number of primary amides is 1. The van der Waals surface area contributed by atoms with Gasteiger partial charge in [0.05, 0.1) is 12.7 Å². The fraction of sp³-hybridized carbons (Fsp3) is 0.182. The Hall–Kier alpha value is -2.97. The molecule has 0 aliphatic carbocycles. The molecule has 0 fully saturated rings. The molecule has 0 radical (unpaired) electrons. The number of carboxylic acid groups (broad SMARTS) is 1. The van der Waals surface area contributed by atoms with Crippen LogP contribution in [0, 0.1) is 0 Å². The number of aliphatic carboxylic acids is 1. The minimum absolute atomic E-state index is 0.157. The molecule has 2 rings (SSSR count). The first-order chi connectivity index (χ1) is 9.54. The van der Waals surface area contributed by atoms with Crippen molar-refractivity contribution in [1.29, 1.82) is 0 Å². The third kappa shape index (κ3) is 3.51. The van der Waals surface area contributed by atoms with Crippen molar-refractivity contribution < 1.29 is 14.7 Å². The van der Waals surface area contributed by atoms with Crippen LogP contribution in [-0.2, 0) is 17.9 Å². The predicted molar refractivity (Wildman–Crippen MR) is 67.7 cm³/mol. The number of nitrogens with zero attached hydrogens (tertiary/aromatic N) is 4. The topological polar surface area (TPSA) is 136 Å². The standard InChI is InChI=1S/C11H12N6O3/c12-11(20)8-2-1-3-9(14-8)13-4-7-5-17(16-15-7)6-10(18)19/h1-3,5H,4,6H2,(H2,12,20)(H,13,14)(H,18,19). The van der Waals surface area contributed by atoms with Gasteiger partial charge in [-0.1, -0.05) is 11.3 Å². The number of amides is 1. The zero-order valence-corrected chi connectivity index (χ0v) is 10.4. The summed E-state index contributed by atoms with van der Waals surface area (Å²) in [5.74, 6) is -1.14. The molecular formula is C11H12N6O3. The van der Waals surface area contributed by atoms with Crippen LogP contribution in [0.4, 0.5) is 5.82 Å². The van der Waals surface area contributed by atoms with Crippen LogP contribution in [-0.4, -0.2) is 37.0 Å². The van der Waals surface area contributed by atoms with Crippen molar-refractivity contribution in [2.45, 2.75) is 13.1 Å². The lowest BCUT2D eigenvalue weighted by molar-refractivity contribution is -0.137. The van der Waals surface area contributed by atoms with Gasteiger partial charge in [-0.2, -0.15) is 0 Å². The molecule has 0 saturated carbocycles. The molecule has 2 aromatic rings. The van der Waals surface area contributed by atoms with Crippen LogP contribution >= 0.6 is 0 Å². The normalized spacial score (nSPS) is 10.2. The third-order valence-corrected chi connectivity index (χ3v) is 2.34. The summed E-state index contributed by atoms with van der Waals surface area (Å²) < 4.78 is 1.21. The number of nitrogens with one attached hydrogen (secondary N) is 1. The monoisotopic (exact) mass is 276 g/mol. The highest BCUT2D eigenvalue weighted by Gasteiger charge is 2.06. The quantitative estimate of drug-likeness (QED) is 0.645. The van der Waals surface area contributed by atoms with E-state index in [1.807, 2.05) is 0 Å². The number of hydrogen-bond donors (Lipinski definition) is 3. The molecule has 0 unspecified atom stereocenters. The summed E-state index contributed by atoms with van der Waals surface area (Å²) in [6, 6.07) is 4.83. The highest BCUT2D eigenvalue weighted by atomic mass is 16.4. The molecule has 2 aromatic heterocycles. The number of nitrogens with two attached hydrogens (primary N) is 1. The van der Waals surface area contributed by atoms with Crippen molar-refractivity contribution >= 4 is 17.7 Å². The summed E-state index contributed by atoms with van der Waals surface area (Å²) in [7, 11) is 0. The van der Waals surface area contributed by atoms with E-state index < -0.39 is 11.9 Å². The van der Waals surface area contributed by atoms with E-state index in [4.69, 9.17) is 10.8 Å². The molecule has 2 heterocycles. The van der Waals surface area contributed by atoms with Gasteiger partial charge in [0.15, 0.2) is 0 Å². The van der Waals surface area contributed by atoms with E-state index in [2.05, 4.69) is 20.6 Å². The number of pyridine rings is 1. The summed E-state index contributed by atoms with van der Waals surface area (Å²) in [6.07, 6.45) is 1.51. The maximum Gasteiger partial charge on any atom is 0.325 e. The van der Waals surface area contributed by atoms with Gasteiger partial charge >= 0.3 is 5.97 Å². The van der Waals surface area contributed by atoms with E-state index in [-0.39, 0.29) is 12.2 Å². The Labute approximate surface area is 113 Å². The van der Waals surface area contributed by atoms with Crippen molar-refractivity contribution in [3.63, 3.8) is 0 Å². The predicted octanol–water partition coefficient (Wildman–Crippen LogP) is -0.531. The zero-order chi connectivity index (χ0) is 14.5. The molecule has 20 heavy (non-hydrogen) atoms. The smallest absolute Gasteiger partial charge is 0.325 e. The second kappa shape index (κ2) is 5.78. The third-order valence-electron chi connectivity index (χ3n) is 2.34. The van der Waals surface area contributed by atoms with Gasteiger partial charge in [0.25, 0.3) is 5.91 Å². The molecule has 0 atom stereocenters. The highest BCUT2D eigenvalue weighted by molar-refractivity contribution is 5.91. The molecule has 0 aliphatic heterocycles. The largest absolute Gasteiger partial charge is 0.480 e. The molecule has 0 aliphatic rings. The number of hydrogen-bond acceptors (Lipinski definition) is 6. The van der Waals surface area contributed by atoms with Crippen LogP contribution in [0.1, 0.15) is 16.2 Å². The van der Waals surface area contributed by atoms with Crippen molar-refractivity contribution in [3.8, 4) is 0 Å². The van der Waals surface area contributed by atoms with Crippen LogP contribution in [0.3, 0.4) is 0 Å². The van der Waals surface area contributed by atoms with Crippen LogP contribution < -0.4 is 11.1 Å². The van der Waals surface area contributed by atoms with Crippen molar-refractivity contribution in [2.24, 2.45) is 5.73 Å². The lowest BCUT2D eigenvalue weighted by Gasteiger charge is -2.03. The maximum absolute atomic E-state index is 11.0. The minimum Gasteiger partial charge on any atom is -0.480 e. The summed E-state index contributed by atoms with van der Waals surface area (Å²) >= 11 is 0. The second-order valence-electron chi connectivity index (χ2n) is 3.93. The van der Waals surface area contributed by atoms with Crippen LogP contribution in [0.5, 0.6) is 0 Å². The maximum atomic E-state index is 11.0. The van der Waals surface area contributed by atoms with Crippen molar-refractivity contribution in [3.05, 3.63) is 35.8 Å². The fourth-order valence-electron chi connectivity index (χ4n) is 1.49. The number of carbonyl (C=O) groups is 2. The van der Waals surface area contributed by atoms with E-state index in [1.165, 1.54) is 16.9 Å². The van der Waals surface area contributed by atoms with Gasteiger partial charge in [0, 0.05) is 0 Å². The Kier molecular flexibility index (Phi) is 3.89.